The molecule has 0 bridgehead atoms. The Kier molecular flexibility index (Phi) is 4.25. The molecular weight excluding hydrogens is 294 g/mol. The van der Waals surface area contributed by atoms with Gasteiger partial charge in [-0.1, -0.05) is 12.1 Å². The molecule has 1 amide bonds. The Morgan fingerprint density at radius 2 is 1.71 bits per heavy atom. The number of hydrogen-bond acceptors (Lipinski definition) is 4. The first-order valence-corrected chi connectivity index (χ1v) is 7.38. The van der Waals surface area contributed by atoms with Gasteiger partial charge in [0, 0.05) is 5.69 Å². The van der Waals surface area contributed by atoms with Crippen molar-refractivity contribution in [3.05, 3.63) is 54.1 Å². The normalized spacial score (nSPS) is 11.0. The molecule has 0 radical (unpaired) electrons. The third-order valence-electron chi connectivity index (χ3n) is 2.76. The summed E-state index contributed by atoms with van der Waals surface area (Å²) in [5, 5.41) is 2.62. The van der Waals surface area contributed by atoms with Crippen LogP contribution in [-0.4, -0.2) is 26.0 Å². The topological polar surface area (TPSA) is 92.7 Å². The van der Waals surface area contributed by atoms with Gasteiger partial charge in [-0.25, -0.2) is 0 Å². The quantitative estimate of drug-likeness (QED) is 0.845. The van der Waals surface area contributed by atoms with Crippen LogP contribution in [0.5, 0.6) is 5.75 Å². The lowest BCUT2D eigenvalue weighted by molar-refractivity contribution is 0.102. The van der Waals surface area contributed by atoms with Crippen LogP contribution in [0.25, 0.3) is 0 Å². The highest BCUT2D eigenvalue weighted by Gasteiger charge is 2.13. The summed E-state index contributed by atoms with van der Waals surface area (Å²) in [5.41, 5.74) is 0.761. The molecule has 0 fully saturated rings. The van der Waals surface area contributed by atoms with Gasteiger partial charge in [0.05, 0.1) is 17.6 Å². The molecule has 0 atom stereocenters. The van der Waals surface area contributed by atoms with Gasteiger partial charge in [0.1, 0.15) is 5.75 Å². The zero-order chi connectivity index (χ0) is 15.5. The number of para-hydroxylation sites is 1. The zero-order valence-corrected chi connectivity index (χ0v) is 11.9. The van der Waals surface area contributed by atoms with Crippen molar-refractivity contribution in [2.24, 2.45) is 0 Å². The molecule has 21 heavy (non-hydrogen) atoms. The third-order valence-corrected chi connectivity index (χ3v) is 3.63. The summed E-state index contributed by atoms with van der Waals surface area (Å²) in [6.07, 6.45) is 0. The van der Waals surface area contributed by atoms with Gasteiger partial charge in [-0.15, -0.1) is 0 Å². The first-order valence-electron chi connectivity index (χ1n) is 5.94. The van der Waals surface area contributed by atoms with Crippen LogP contribution < -0.4 is 10.1 Å². The Balaban J connectivity index is 2.20. The molecule has 2 N–H and O–H groups in total. The molecule has 110 valence electrons. The van der Waals surface area contributed by atoms with Gasteiger partial charge in [0.25, 0.3) is 16.0 Å². The van der Waals surface area contributed by atoms with E-state index < -0.39 is 10.1 Å². The number of rotatable bonds is 4. The number of nitrogens with one attached hydrogen (secondary N) is 1. The average Bonchev–Trinajstić information content (AvgIpc) is 2.46. The van der Waals surface area contributed by atoms with E-state index in [1.54, 1.807) is 24.3 Å². The number of carbonyl (C=O) groups is 1. The van der Waals surface area contributed by atoms with Crippen LogP contribution in [0.2, 0.25) is 0 Å². The zero-order valence-electron chi connectivity index (χ0n) is 11.1. The van der Waals surface area contributed by atoms with Crippen molar-refractivity contribution >= 4 is 21.7 Å². The minimum Gasteiger partial charge on any atom is -0.496 e. The Bertz CT molecular complexity index is 753. The molecule has 0 aliphatic heterocycles. The minimum absolute atomic E-state index is 0.238. The van der Waals surface area contributed by atoms with Gasteiger partial charge < -0.3 is 10.1 Å². The summed E-state index contributed by atoms with van der Waals surface area (Å²) in [4.78, 5) is 11.9. The van der Waals surface area contributed by atoms with Crippen LogP contribution in [0.4, 0.5) is 5.69 Å². The molecule has 6 nitrogen and oxygen atoms in total. The fourth-order valence-electron chi connectivity index (χ4n) is 1.74. The number of benzene rings is 2. The predicted octanol–water partition coefficient (Wildman–Crippen LogP) is 2.19. The summed E-state index contributed by atoms with van der Waals surface area (Å²) in [5.74, 6) is 0.0524. The summed E-state index contributed by atoms with van der Waals surface area (Å²) in [6, 6.07) is 11.9. The molecule has 0 saturated heterocycles. The van der Waals surface area contributed by atoms with Crippen LogP contribution in [0, 0.1) is 0 Å². The summed E-state index contributed by atoms with van der Waals surface area (Å²) >= 11 is 0. The summed E-state index contributed by atoms with van der Waals surface area (Å²) in [6.45, 7) is 0. The Hall–Kier alpha value is -2.38. The molecule has 2 aromatic rings. The minimum atomic E-state index is -4.24. The molecule has 0 saturated carbocycles. The second-order valence-corrected chi connectivity index (χ2v) is 5.58. The molecule has 0 aliphatic carbocycles. The van der Waals surface area contributed by atoms with Crippen molar-refractivity contribution in [1.29, 1.82) is 0 Å². The van der Waals surface area contributed by atoms with Crippen LogP contribution >= 0.6 is 0 Å². The van der Waals surface area contributed by atoms with E-state index in [1.165, 1.54) is 31.4 Å². The summed E-state index contributed by atoms with van der Waals surface area (Å²) < 4.78 is 35.8. The van der Waals surface area contributed by atoms with E-state index in [9.17, 15) is 13.2 Å². The van der Waals surface area contributed by atoms with E-state index >= 15 is 0 Å². The van der Waals surface area contributed by atoms with Crippen molar-refractivity contribution in [1.82, 2.24) is 0 Å². The second-order valence-electron chi connectivity index (χ2n) is 4.15. The first kappa shape index (κ1) is 15.0. The Morgan fingerprint density at radius 1 is 1.10 bits per heavy atom. The maximum absolute atomic E-state index is 12.1. The van der Waals surface area contributed by atoms with E-state index in [0.717, 1.165) is 0 Å². The molecule has 0 heterocycles. The van der Waals surface area contributed by atoms with E-state index in [1.807, 2.05) is 0 Å². The van der Waals surface area contributed by atoms with Crippen molar-refractivity contribution in [2.75, 3.05) is 12.4 Å². The van der Waals surface area contributed by atoms with Crippen molar-refractivity contribution in [2.45, 2.75) is 4.90 Å². The van der Waals surface area contributed by atoms with Crippen molar-refractivity contribution < 1.29 is 22.5 Å². The molecule has 0 unspecified atom stereocenters. The lowest BCUT2D eigenvalue weighted by Crippen LogP contribution is -2.13. The number of methoxy groups -OCH3 is 1. The number of ether oxygens (including phenoxy) is 1. The molecule has 7 heteroatoms. The molecule has 0 aliphatic rings. The van der Waals surface area contributed by atoms with Crippen LogP contribution in [0.3, 0.4) is 0 Å². The Labute approximate surface area is 122 Å². The van der Waals surface area contributed by atoms with E-state index in [2.05, 4.69) is 5.32 Å². The number of anilines is 1. The van der Waals surface area contributed by atoms with E-state index in [4.69, 9.17) is 9.29 Å². The van der Waals surface area contributed by atoms with Gasteiger partial charge in [-0.3, -0.25) is 9.35 Å². The van der Waals surface area contributed by atoms with Gasteiger partial charge in [-0.05, 0) is 36.4 Å². The fourth-order valence-corrected chi connectivity index (χ4v) is 2.22. The SMILES string of the molecule is COc1ccccc1C(=O)Nc1ccc(S(=O)(=O)O)cc1. The van der Waals surface area contributed by atoms with Gasteiger partial charge >= 0.3 is 0 Å². The third kappa shape index (κ3) is 3.59. The molecule has 2 aromatic carbocycles. The van der Waals surface area contributed by atoms with Gasteiger partial charge in [-0.2, -0.15) is 8.42 Å². The summed E-state index contributed by atoms with van der Waals surface area (Å²) in [7, 11) is -2.78. The van der Waals surface area contributed by atoms with Crippen molar-refractivity contribution in [3.63, 3.8) is 0 Å². The van der Waals surface area contributed by atoms with Gasteiger partial charge in [0.2, 0.25) is 0 Å². The highest BCUT2D eigenvalue weighted by atomic mass is 32.2. The Morgan fingerprint density at radius 3 is 2.29 bits per heavy atom. The predicted molar refractivity (Wildman–Crippen MR) is 77.2 cm³/mol. The maximum atomic E-state index is 12.1. The van der Waals surface area contributed by atoms with Crippen molar-refractivity contribution in [3.8, 4) is 5.75 Å². The van der Waals surface area contributed by atoms with Crippen LogP contribution in [-0.2, 0) is 10.1 Å². The largest absolute Gasteiger partial charge is 0.496 e. The first-order chi connectivity index (χ1) is 9.91. The van der Waals surface area contributed by atoms with E-state index in [-0.39, 0.29) is 10.8 Å². The maximum Gasteiger partial charge on any atom is 0.294 e. The van der Waals surface area contributed by atoms with Crippen LogP contribution in [0.1, 0.15) is 10.4 Å². The number of carbonyl (C=O) groups excluding carboxylic acids is 1. The van der Waals surface area contributed by atoms with Crippen LogP contribution in [0.15, 0.2) is 53.4 Å². The molecular formula is C14H13NO5S. The number of amides is 1. The molecule has 0 aromatic heterocycles. The standard InChI is InChI=1S/C14H13NO5S/c1-20-13-5-3-2-4-12(13)14(16)15-10-6-8-11(9-7-10)21(17,18)19/h2-9H,1H3,(H,15,16)(H,17,18,19). The van der Waals surface area contributed by atoms with Gasteiger partial charge in [0.15, 0.2) is 0 Å². The highest BCUT2D eigenvalue weighted by molar-refractivity contribution is 7.85. The lowest BCUT2D eigenvalue weighted by atomic mass is 10.2. The lowest BCUT2D eigenvalue weighted by Gasteiger charge is -2.09. The monoisotopic (exact) mass is 307 g/mol. The average molecular weight is 307 g/mol. The van der Waals surface area contributed by atoms with E-state index in [0.29, 0.717) is 17.0 Å². The molecule has 2 rings (SSSR count). The fraction of sp³-hybridized carbons (Fsp3) is 0.0714. The second kappa shape index (κ2) is 5.94. The highest BCUT2D eigenvalue weighted by Crippen LogP contribution is 2.20. The smallest absolute Gasteiger partial charge is 0.294 e. The molecule has 0 spiro atoms. The number of hydrogen-bond donors (Lipinski definition) is 2.